The molecule has 0 radical (unpaired) electrons. The van der Waals surface area contributed by atoms with Gasteiger partial charge in [0.2, 0.25) is 0 Å². The Bertz CT molecular complexity index is 828. The highest BCUT2D eigenvalue weighted by atomic mass is 35.5. The van der Waals surface area contributed by atoms with Crippen LogP contribution < -0.4 is 15.5 Å². The predicted molar refractivity (Wildman–Crippen MR) is 102 cm³/mol. The smallest absolute Gasteiger partial charge is 0.353 e. The van der Waals surface area contributed by atoms with E-state index in [1.54, 1.807) is 13.2 Å². The van der Waals surface area contributed by atoms with Crippen LogP contribution >= 0.6 is 11.6 Å². The Morgan fingerprint density at radius 1 is 1.36 bits per heavy atom. The van der Waals surface area contributed by atoms with Crippen molar-refractivity contribution in [3.05, 3.63) is 52.9 Å². The second-order valence-electron chi connectivity index (χ2n) is 6.35. The van der Waals surface area contributed by atoms with Gasteiger partial charge in [-0.15, -0.1) is 0 Å². The minimum Gasteiger partial charge on any atom is -0.353 e. The molecule has 10 heteroatoms. The summed E-state index contributed by atoms with van der Waals surface area (Å²) in [6.45, 7) is 1.72. The third kappa shape index (κ3) is 5.03. The van der Waals surface area contributed by atoms with Crippen molar-refractivity contribution >= 4 is 23.4 Å². The van der Waals surface area contributed by atoms with Gasteiger partial charge in [0.25, 0.3) is 0 Å². The van der Waals surface area contributed by atoms with Gasteiger partial charge >= 0.3 is 6.18 Å². The summed E-state index contributed by atoms with van der Waals surface area (Å²) in [6, 6.07) is 6.66. The van der Waals surface area contributed by atoms with E-state index in [-0.39, 0.29) is 11.1 Å². The van der Waals surface area contributed by atoms with E-state index in [1.807, 2.05) is 23.1 Å². The quantitative estimate of drug-likeness (QED) is 0.596. The molecule has 0 bridgehead atoms. The van der Waals surface area contributed by atoms with Crippen molar-refractivity contribution in [3.8, 4) is 0 Å². The van der Waals surface area contributed by atoms with Gasteiger partial charge < -0.3 is 15.5 Å². The summed E-state index contributed by atoms with van der Waals surface area (Å²) in [5, 5.41) is 6.50. The van der Waals surface area contributed by atoms with E-state index in [0.29, 0.717) is 31.4 Å². The highest BCUT2D eigenvalue weighted by Crippen LogP contribution is 2.34. The molecule has 0 aromatic carbocycles. The second kappa shape index (κ2) is 8.64. The maximum absolute atomic E-state index is 12.8. The van der Waals surface area contributed by atoms with E-state index < -0.39 is 11.7 Å². The number of hydrogen-bond donors (Lipinski definition) is 2. The van der Waals surface area contributed by atoms with Crippen LogP contribution in [0.15, 0.2) is 41.7 Å². The van der Waals surface area contributed by atoms with E-state index in [1.165, 1.54) is 0 Å². The van der Waals surface area contributed by atoms with E-state index in [9.17, 15) is 13.2 Å². The molecule has 3 heterocycles. The average Bonchev–Trinajstić information content (AvgIpc) is 3.13. The number of aromatic nitrogens is 2. The molecule has 1 saturated heterocycles. The molecule has 1 atom stereocenters. The SMILES string of the molecule is CN=C(NCc1ccccn1)NC1CCN(c2ncc(C(F)(F)F)cc2Cl)C1. The molecule has 0 amide bonds. The average molecular weight is 413 g/mol. The molecule has 2 aromatic heterocycles. The van der Waals surface area contributed by atoms with Gasteiger partial charge in [-0.25, -0.2) is 4.98 Å². The third-order valence-corrected chi connectivity index (χ3v) is 4.64. The Labute approximate surface area is 165 Å². The first-order valence-electron chi connectivity index (χ1n) is 8.71. The molecule has 1 unspecified atom stereocenters. The van der Waals surface area contributed by atoms with Crippen LogP contribution in [0, 0.1) is 0 Å². The summed E-state index contributed by atoms with van der Waals surface area (Å²) in [4.78, 5) is 14.2. The van der Waals surface area contributed by atoms with Crippen molar-refractivity contribution < 1.29 is 13.2 Å². The predicted octanol–water partition coefficient (Wildman–Crippen LogP) is 3.09. The molecule has 0 aliphatic carbocycles. The highest BCUT2D eigenvalue weighted by Gasteiger charge is 2.33. The molecule has 1 aliphatic rings. The minimum atomic E-state index is -4.46. The number of aliphatic imine (C=N–C) groups is 1. The van der Waals surface area contributed by atoms with Gasteiger partial charge in [-0.2, -0.15) is 13.2 Å². The fourth-order valence-electron chi connectivity index (χ4n) is 2.95. The third-order valence-electron chi connectivity index (χ3n) is 4.36. The molecular weight excluding hydrogens is 393 g/mol. The fourth-order valence-corrected chi connectivity index (χ4v) is 3.24. The standard InChI is InChI=1S/C18H20ClF3N6/c1-23-17(26-10-13-4-2-3-6-24-13)27-14-5-7-28(11-14)16-15(19)8-12(9-25-16)18(20,21)22/h2-4,6,8-9,14H,5,7,10-11H2,1H3,(H2,23,26,27). The van der Waals surface area contributed by atoms with Gasteiger partial charge in [-0.1, -0.05) is 17.7 Å². The summed E-state index contributed by atoms with van der Waals surface area (Å²) in [6.07, 6.45) is -1.14. The van der Waals surface area contributed by atoms with Crippen LogP contribution in [0.2, 0.25) is 5.02 Å². The molecule has 6 nitrogen and oxygen atoms in total. The Morgan fingerprint density at radius 3 is 2.82 bits per heavy atom. The lowest BCUT2D eigenvalue weighted by Crippen LogP contribution is -2.44. The lowest BCUT2D eigenvalue weighted by Gasteiger charge is -2.21. The van der Waals surface area contributed by atoms with Gasteiger partial charge in [-0.05, 0) is 24.6 Å². The number of hydrogen-bond acceptors (Lipinski definition) is 4. The van der Waals surface area contributed by atoms with E-state index >= 15 is 0 Å². The van der Waals surface area contributed by atoms with E-state index in [2.05, 4.69) is 25.6 Å². The van der Waals surface area contributed by atoms with Crippen LogP contribution in [0.25, 0.3) is 0 Å². The summed E-state index contributed by atoms with van der Waals surface area (Å²) < 4.78 is 38.3. The molecule has 28 heavy (non-hydrogen) atoms. The summed E-state index contributed by atoms with van der Waals surface area (Å²) in [5.41, 5.74) is 0.0356. The van der Waals surface area contributed by atoms with Gasteiger partial charge in [0, 0.05) is 38.6 Å². The summed E-state index contributed by atoms with van der Waals surface area (Å²) in [7, 11) is 1.68. The van der Waals surface area contributed by atoms with Crippen LogP contribution in [0.5, 0.6) is 0 Å². The van der Waals surface area contributed by atoms with Gasteiger partial charge in [0.1, 0.15) is 5.82 Å². The fraction of sp³-hybridized carbons (Fsp3) is 0.389. The van der Waals surface area contributed by atoms with Crippen molar-refractivity contribution in [2.75, 3.05) is 25.0 Å². The van der Waals surface area contributed by atoms with E-state index in [4.69, 9.17) is 11.6 Å². The first kappa shape index (κ1) is 20.2. The normalized spacial score (nSPS) is 17.7. The Morgan fingerprint density at radius 2 is 2.18 bits per heavy atom. The number of halogens is 4. The van der Waals surface area contributed by atoms with Crippen LogP contribution in [0.3, 0.4) is 0 Å². The lowest BCUT2D eigenvalue weighted by atomic mass is 10.2. The molecule has 0 saturated carbocycles. The first-order chi connectivity index (χ1) is 13.4. The number of nitrogens with zero attached hydrogens (tertiary/aromatic N) is 4. The Hall–Kier alpha value is -2.55. The van der Waals surface area contributed by atoms with Crippen molar-refractivity contribution in [3.63, 3.8) is 0 Å². The molecule has 2 aromatic rings. The zero-order valence-electron chi connectivity index (χ0n) is 15.2. The largest absolute Gasteiger partial charge is 0.417 e. The zero-order chi connectivity index (χ0) is 20.1. The monoisotopic (exact) mass is 412 g/mol. The molecule has 150 valence electrons. The maximum Gasteiger partial charge on any atom is 0.417 e. The van der Waals surface area contributed by atoms with Crippen LogP contribution in [0.1, 0.15) is 17.7 Å². The molecular formula is C18H20ClF3N6. The highest BCUT2D eigenvalue weighted by molar-refractivity contribution is 6.33. The first-order valence-corrected chi connectivity index (χ1v) is 9.09. The van der Waals surface area contributed by atoms with Gasteiger partial charge in [0.05, 0.1) is 22.8 Å². The molecule has 0 spiro atoms. The maximum atomic E-state index is 12.8. The van der Waals surface area contributed by atoms with Crippen molar-refractivity contribution in [1.82, 2.24) is 20.6 Å². The number of pyridine rings is 2. The van der Waals surface area contributed by atoms with Crippen molar-refractivity contribution in [1.29, 1.82) is 0 Å². The Kier molecular flexibility index (Phi) is 6.23. The second-order valence-corrected chi connectivity index (χ2v) is 6.76. The topological polar surface area (TPSA) is 65.4 Å². The number of rotatable bonds is 4. The van der Waals surface area contributed by atoms with E-state index in [0.717, 1.165) is 24.4 Å². The molecule has 2 N–H and O–H groups in total. The van der Waals surface area contributed by atoms with Crippen molar-refractivity contribution in [2.45, 2.75) is 25.2 Å². The van der Waals surface area contributed by atoms with Crippen LogP contribution in [-0.2, 0) is 12.7 Å². The van der Waals surface area contributed by atoms with Gasteiger partial charge in [0.15, 0.2) is 5.96 Å². The van der Waals surface area contributed by atoms with Gasteiger partial charge in [-0.3, -0.25) is 9.98 Å². The number of anilines is 1. The van der Waals surface area contributed by atoms with Crippen LogP contribution in [-0.4, -0.2) is 42.1 Å². The summed E-state index contributed by atoms with van der Waals surface area (Å²) in [5.74, 6) is 0.986. The molecule has 3 rings (SSSR count). The lowest BCUT2D eigenvalue weighted by molar-refractivity contribution is -0.137. The van der Waals surface area contributed by atoms with Crippen LogP contribution in [0.4, 0.5) is 19.0 Å². The number of guanidine groups is 1. The number of alkyl halides is 3. The molecule has 1 fully saturated rings. The summed E-state index contributed by atoms with van der Waals surface area (Å²) >= 11 is 6.05. The molecule has 1 aliphatic heterocycles. The minimum absolute atomic E-state index is 0.00636. The van der Waals surface area contributed by atoms with Crippen molar-refractivity contribution in [2.24, 2.45) is 4.99 Å². The number of nitrogens with one attached hydrogen (secondary N) is 2. The zero-order valence-corrected chi connectivity index (χ0v) is 15.9. The Balaban J connectivity index is 1.57.